The molecule has 1 aromatic carbocycles. The van der Waals surface area contributed by atoms with E-state index in [2.05, 4.69) is 9.97 Å². The molecule has 12 heteroatoms. The molecule has 36 heavy (non-hydrogen) atoms. The average molecular weight is 523 g/mol. The molecule has 2 bridgehead atoms. The quantitative estimate of drug-likeness (QED) is 0.506. The number of alkyl halides is 2. The highest BCUT2D eigenvalue weighted by molar-refractivity contribution is 7.13. The van der Waals surface area contributed by atoms with Crippen LogP contribution in [0.3, 0.4) is 0 Å². The number of amides is 1. The molecule has 0 aliphatic carbocycles. The molecule has 5 heterocycles. The number of benzene rings is 1. The highest BCUT2D eigenvalue weighted by Crippen LogP contribution is 2.42. The van der Waals surface area contributed by atoms with Crippen LogP contribution < -0.4 is 9.64 Å². The number of ether oxygens (including phenoxy) is 2. The van der Waals surface area contributed by atoms with Crippen molar-refractivity contribution >= 4 is 34.5 Å². The fraction of sp³-hybridized carbons (Fsp3) is 0.542. The Morgan fingerprint density at radius 1 is 1.19 bits per heavy atom. The van der Waals surface area contributed by atoms with Crippen LogP contribution in [0.2, 0.25) is 0 Å². The fourth-order valence-electron chi connectivity index (χ4n) is 4.36. The van der Waals surface area contributed by atoms with Crippen molar-refractivity contribution in [3.8, 4) is 16.3 Å². The van der Waals surface area contributed by atoms with Crippen LogP contribution in [0.4, 0.5) is 19.6 Å². The zero-order valence-electron chi connectivity index (χ0n) is 20.6. The second kappa shape index (κ2) is 8.27. The molecule has 2 aromatic heterocycles. The third-order valence-electron chi connectivity index (χ3n) is 6.18. The van der Waals surface area contributed by atoms with Crippen molar-refractivity contribution in [1.82, 2.24) is 14.9 Å². The lowest BCUT2D eigenvalue weighted by atomic mass is 9.88. The lowest BCUT2D eigenvalue weighted by Gasteiger charge is -2.55. The van der Waals surface area contributed by atoms with Gasteiger partial charge in [-0.25, -0.2) is 9.78 Å². The molecule has 0 radical (unpaired) electrons. The van der Waals surface area contributed by atoms with Gasteiger partial charge in [0.25, 0.3) is 6.01 Å². The number of oxazole rings is 1. The Morgan fingerprint density at radius 3 is 2.47 bits per heavy atom. The van der Waals surface area contributed by atoms with Gasteiger partial charge >= 0.3 is 12.2 Å². The SMILES string of the molecule is CC(C)(C)OC(=O)N1C2CC1CN(c1nc3c(-c4nccs4)ccc(OC(F)(F)C(C)(C)O)c3o1)C2. The first kappa shape index (κ1) is 24.7. The Hall–Kier alpha value is -2.99. The summed E-state index contributed by atoms with van der Waals surface area (Å²) < 4.78 is 45.6. The summed E-state index contributed by atoms with van der Waals surface area (Å²) in [6, 6.07) is 3.07. The second-order valence-electron chi connectivity index (χ2n) is 10.6. The predicted octanol–water partition coefficient (Wildman–Crippen LogP) is 4.89. The normalized spacial score (nSPS) is 20.4. The van der Waals surface area contributed by atoms with Gasteiger partial charge in [-0.1, -0.05) is 0 Å². The number of halogens is 2. The first-order valence-electron chi connectivity index (χ1n) is 11.6. The van der Waals surface area contributed by atoms with E-state index >= 15 is 0 Å². The average Bonchev–Trinajstić information content (AvgIpc) is 3.42. The number of rotatable bonds is 5. The largest absolute Gasteiger partial charge is 0.444 e. The number of piperidine rings is 1. The maximum atomic E-state index is 14.6. The minimum absolute atomic E-state index is 0.0323. The zero-order valence-corrected chi connectivity index (χ0v) is 21.4. The maximum absolute atomic E-state index is 14.6. The van der Waals surface area contributed by atoms with Crippen molar-refractivity contribution in [2.24, 2.45) is 0 Å². The molecule has 0 saturated carbocycles. The molecule has 3 aliphatic heterocycles. The number of nitrogens with zero attached hydrogens (tertiary/aromatic N) is 4. The molecule has 194 valence electrons. The monoisotopic (exact) mass is 522 g/mol. The molecule has 2 atom stereocenters. The number of piperazine rings is 1. The van der Waals surface area contributed by atoms with Crippen molar-refractivity contribution in [1.29, 1.82) is 0 Å². The van der Waals surface area contributed by atoms with Gasteiger partial charge in [0, 0.05) is 30.2 Å². The second-order valence-corrected chi connectivity index (χ2v) is 11.5. The third kappa shape index (κ3) is 4.36. The van der Waals surface area contributed by atoms with E-state index in [0.29, 0.717) is 29.2 Å². The van der Waals surface area contributed by atoms with E-state index in [1.165, 1.54) is 17.4 Å². The number of carbonyl (C=O) groups excluding carboxylic acids is 1. The Bertz CT molecular complexity index is 1270. The molecular formula is C24H28F2N4O5S. The van der Waals surface area contributed by atoms with Crippen LogP contribution in [0.5, 0.6) is 5.75 Å². The highest BCUT2D eigenvalue weighted by atomic mass is 32.1. The van der Waals surface area contributed by atoms with E-state index in [0.717, 1.165) is 20.3 Å². The van der Waals surface area contributed by atoms with Crippen LogP contribution in [-0.4, -0.2) is 68.6 Å². The van der Waals surface area contributed by atoms with Gasteiger partial charge in [0.1, 0.15) is 16.1 Å². The Labute approximate surface area is 210 Å². The number of fused-ring (bicyclic) bond motifs is 3. The summed E-state index contributed by atoms with van der Waals surface area (Å²) in [5.41, 5.74) is -2.03. The van der Waals surface area contributed by atoms with E-state index in [4.69, 9.17) is 13.9 Å². The van der Waals surface area contributed by atoms with Crippen LogP contribution >= 0.6 is 11.3 Å². The van der Waals surface area contributed by atoms with Crippen molar-refractivity contribution < 1.29 is 32.6 Å². The third-order valence-corrected chi connectivity index (χ3v) is 6.98. The summed E-state index contributed by atoms with van der Waals surface area (Å²) in [4.78, 5) is 25.2. The van der Waals surface area contributed by atoms with E-state index in [1.807, 2.05) is 25.7 Å². The summed E-state index contributed by atoms with van der Waals surface area (Å²) in [5, 5.41) is 12.3. The number of hydrogen-bond donors (Lipinski definition) is 1. The van der Waals surface area contributed by atoms with E-state index < -0.39 is 17.3 Å². The first-order chi connectivity index (χ1) is 16.7. The maximum Gasteiger partial charge on any atom is 0.426 e. The van der Waals surface area contributed by atoms with Gasteiger partial charge < -0.3 is 23.9 Å². The highest BCUT2D eigenvalue weighted by Gasteiger charge is 2.51. The molecule has 0 spiro atoms. The summed E-state index contributed by atoms with van der Waals surface area (Å²) in [6.45, 7) is 8.34. The molecule has 6 rings (SSSR count). The predicted molar refractivity (Wildman–Crippen MR) is 129 cm³/mol. The molecule has 3 saturated heterocycles. The molecular weight excluding hydrogens is 494 g/mol. The van der Waals surface area contributed by atoms with Gasteiger partial charge in [-0.15, -0.1) is 11.3 Å². The molecule has 9 nitrogen and oxygen atoms in total. The van der Waals surface area contributed by atoms with Gasteiger partial charge in [0.15, 0.2) is 16.9 Å². The number of hydrogen-bond acceptors (Lipinski definition) is 9. The fourth-order valence-corrected chi connectivity index (χ4v) is 5.02. The standard InChI is InChI=1S/C24H28F2N4O5S/c1-22(2,3)35-21(31)30-13-10-14(30)12-29(11-13)20-28-17-15(19-27-8-9-36-19)6-7-16(18(17)33-20)34-24(25,26)23(4,5)32/h6-9,13-14,32H,10-12H2,1-5H3. The zero-order chi connectivity index (χ0) is 26.0. The van der Waals surface area contributed by atoms with Crippen LogP contribution in [-0.2, 0) is 4.74 Å². The van der Waals surface area contributed by atoms with Crippen molar-refractivity contribution in [2.75, 3.05) is 18.0 Å². The number of aromatic nitrogens is 2. The topological polar surface area (TPSA) is 101 Å². The number of thiazole rings is 1. The molecule has 3 fully saturated rings. The molecule has 3 aliphatic rings. The van der Waals surface area contributed by atoms with Crippen LogP contribution in [0, 0.1) is 0 Å². The smallest absolute Gasteiger partial charge is 0.426 e. The number of carbonyl (C=O) groups is 1. The molecule has 1 N–H and O–H groups in total. The van der Waals surface area contributed by atoms with Crippen LogP contribution in [0.25, 0.3) is 21.7 Å². The van der Waals surface area contributed by atoms with Crippen LogP contribution in [0.1, 0.15) is 41.0 Å². The molecule has 3 aromatic rings. The number of aliphatic hydroxyl groups is 1. The van der Waals surface area contributed by atoms with Gasteiger partial charge in [-0.05, 0) is 53.2 Å². The molecule has 2 unspecified atom stereocenters. The minimum Gasteiger partial charge on any atom is -0.444 e. The van der Waals surface area contributed by atoms with Gasteiger partial charge in [0.05, 0.1) is 12.1 Å². The van der Waals surface area contributed by atoms with E-state index in [9.17, 15) is 18.7 Å². The lowest BCUT2D eigenvalue weighted by molar-refractivity contribution is -0.275. The van der Waals surface area contributed by atoms with Gasteiger partial charge in [-0.3, -0.25) is 4.90 Å². The summed E-state index contributed by atoms with van der Waals surface area (Å²) in [5.74, 6) is -0.242. The Morgan fingerprint density at radius 2 is 1.89 bits per heavy atom. The summed E-state index contributed by atoms with van der Waals surface area (Å²) in [6.07, 6.45) is -1.75. The van der Waals surface area contributed by atoms with Gasteiger partial charge in [0.2, 0.25) is 0 Å². The summed E-state index contributed by atoms with van der Waals surface area (Å²) in [7, 11) is 0. The van der Waals surface area contributed by atoms with E-state index in [1.54, 1.807) is 22.5 Å². The number of anilines is 1. The minimum atomic E-state index is -3.88. The van der Waals surface area contributed by atoms with Crippen molar-refractivity contribution in [3.05, 3.63) is 23.7 Å². The Kier molecular flexibility index (Phi) is 5.67. The van der Waals surface area contributed by atoms with Crippen LogP contribution in [0.15, 0.2) is 28.1 Å². The summed E-state index contributed by atoms with van der Waals surface area (Å²) >= 11 is 1.38. The van der Waals surface area contributed by atoms with E-state index in [-0.39, 0.29) is 35.5 Å². The lowest BCUT2D eigenvalue weighted by Crippen LogP contribution is -2.70. The van der Waals surface area contributed by atoms with Gasteiger partial charge in [-0.2, -0.15) is 13.8 Å². The van der Waals surface area contributed by atoms with Crippen molar-refractivity contribution in [2.45, 2.75) is 70.4 Å². The Balaban J connectivity index is 1.46. The first-order valence-corrected chi connectivity index (χ1v) is 12.5. The van der Waals surface area contributed by atoms with Crippen molar-refractivity contribution in [3.63, 3.8) is 0 Å². The molecule has 1 amide bonds.